The number of hydrogen-bond acceptors (Lipinski definition) is 4. The van der Waals surface area contributed by atoms with Crippen molar-refractivity contribution in [2.45, 2.75) is 58.2 Å². The number of likely N-dealkylation sites (tertiary alicyclic amines) is 1. The molecule has 3 rings (SSSR count). The normalized spacial score (nSPS) is 14.4. The van der Waals surface area contributed by atoms with Crippen LogP contribution in [-0.4, -0.2) is 48.3 Å². The summed E-state index contributed by atoms with van der Waals surface area (Å²) >= 11 is 0. The fourth-order valence-electron chi connectivity index (χ4n) is 3.81. The fourth-order valence-corrected chi connectivity index (χ4v) is 3.81. The average Bonchev–Trinajstić information content (AvgIpc) is 2.80. The van der Waals surface area contributed by atoms with Gasteiger partial charge in [-0.05, 0) is 75.9 Å². The number of alkyl carbamates (subject to hydrolysis) is 1. The zero-order valence-corrected chi connectivity index (χ0v) is 20.5. The Labute approximate surface area is 205 Å². The number of urea groups is 1. The molecular weight excluding hydrogens is 454 g/mol. The number of carbonyl (C=O) groups is 2. The number of halogens is 2. The van der Waals surface area contributed by atoms with Gasteiger partial charge in [-0.2, -0.15) is 0 Å². The highest BCUT2D eigenvalue weighted by Gasteiger charge is 2.23. The number of anilines is 1. The van der Waals surface area contributed by atoms with Crippen LogP contribution in [0.5, 0.6) is 0 Å². The quantitative estimate of drug-likeness (QED) is 0.522. The standard InChI is InChI=1S/C26H34F2N4O3/c1-26(2,3)35-25(34)29-13-10-18-4-7-21(8-5-18)31-22-11-14-32(15-12-22)24(33)30-17-19-16-20(27)6-9-23(19)28/h4-9,16,22,31H,10-15,17H2,1-3H3,(H,29,34)(H,30,33). The van der Waals surface area contributed by atoms with Gasteiger partial charge in [-0.1, -0.05) is 12.1 Å². The molecule has 2 aromatic rings. The van der Waals surface area contributed by atoms with Crippen molar-refractivity contribution in [3.05, 3.63) is 65.2 Å². The minimum absolute atomic E-state index is 0.0553. The van der Waals surface area contributed by atoms with Crippen molar-refractivity contribution in [3.8, 4) is 0 Å². The van der Waals surface area contributed by atoms with Crippen LogP contribution in [0.3, 0.4) is 0 Å². The Bertz CT molecular complexity index is 1000. The van der Waals surface area contributed by atoms with Gasteiger partial charge in [-0.15, -0.1) is 0 Å². The molecule has 9 heteroatoms. The van der Waals surface area contributed by atoms with Crippen molar-refractivity contribution < 1.29 is 23.1 Å². The SMILES string of the molecule is CC(C)(C)OC(=O)NCCc1ccc(NC2CCN(C(=O)NCc3cc(F)ccc3F)CC2)cc1. The second kappa shape index (κ2) is 11.9. The fraction of sp³-hybridized carbons (Fsp3) is 0.462. The lowest BCUT2D eigenvalue weighted by molar-refractivity contribution is 0.0528. The summed E-state index contributed by atoms with van der Waals surface area (Å²) in [5.74, 6) is -1.08. The van der Waals surface area contributed by atoms with E-state index in [0.717, 1.165) is 42.3 Å². The van der Waals surface area contributed by atoms with Crippen LogP contribution < -0.4 is 16.0 Å². The van der Waals surface area contributed by atoms with Crippen molar-refractivity contribution in [2.75, 3.05) is 25.0 Å². The summed E-state index contributed by atoms with van der Waals surface area (Å²) in [6.07, 6.45) is 1.84. The first-order valence-electron chi connectivity index (χ1n) is 11.9. The van der Waals surface area contributed by atoms with Gasteiger partial charge in [0.15, 0.2) is 0 Å². The maximum Gasteiger partial charge on any atom is 0.407 e. The first-order valence-corrected chi connectivity index (χ1v) is 11.9. The zero-order valence-electron chi connectivity index (χ0n) is 20.5. The number of hydrogen-bond donors (Lipinski definition) is 3. The zero-order chi connectivity index (χ0) is 25.4. The molecule has 1 aliphatic heterocycles. The van der Waals surface area contributed by atoms with Crippen LogP contribution in [0.2, 0.25) is 0 Å². The van der Waals surface area contributed by atoms with Crippen molar-refractivity contribution in [1.29, 1.82) is 0 Å². The Hall–Kier alpha value is -3.36. The summed E-state index contributed by atoms with van der Waals surface area (Å²) in [6, 6.07) is 11.2. The summed E-state index contributed by atoms with van der Waals surface area (Å²) in [5, 5.41) is 8.92. The van der Waals surface area contributed by atoms with Gasteiger partial charge in [0, 0.05) is 43.5 Å². The molecular formula is C26H34F2N4O3. The molecule has 0 saturated carbocycles. The summed E-state index contributed by atoms with van der Waals surface area (Å²) in [4.78, 5) is 25.8. The second-order valence-electron chi connectivity index (χ2n) is 9.68. The second-order valence-corrected chi connectivity index (χ2v) is 9.68. The molecule has 0 unspecified atom stereocenters. The average molecular weight is 489 g/mol. The van der Waals surface area contributed by atoms with E-state index in [1.807, 2.05) is 45.0 Å². The summed E-state index contributed by atoms with van der Waals surface area (Å²) in [5.41, 5.74) is 1.71. The Morgan fingerprint density at radius 2 is 1.71 bits per heavy atom. The highest BCUT2D eigenvalue weighted by atomic mass is 19.1. The molecule has 1 aliphatic rings. The van der Waals surface area contributed by atoms with Crippen LogP contribution in [0, 0.1) is 11.6 Å². The van der Waals surface area contributed by atoms with Gasteiger partial charge in [-0.3, -0.25) is 0 Å². The van der Waals surface area contributed by atoms with Gasteiger partial charge in [0.2, 0.25) is 0 Å². The minimum atomic E-state index is -0.542. The van der Waals surface area contributed by atoms with Crippen LogP contribution in [0.4, 0.5) is 24.1 Å². The van der Waals surface area contributed by atoms with Gasteiger partial charge >= 0.3 is 12.1 Å². The molecule has 0 radical (unpaired) electrons. The predicted molar refractivity (Wildman–Crippen MR) is 131 cm³/mol. The number of nitrogens with zero attached hydrogens (tertiary/aromatic N) is 1. The lowest BCUT2D eigenvalue weighted by atomic mass is 10.0. The van der Waals surface area contributed by atoms with Crippen molar-refractivity contribution in [1.82, 2.24) is 15.5 Å². The van der Waals surface area contributed by atoms with E-state index in [9.17, 15) is 18.4 Å². The molecule has 1 heterocycles. The van der Waals surface area contributed by atoms with E-state index < -0.39 is 23.3 Å². The Balaban J connectivity index is 1.36. The molecule has 2 aromatic carbocycles. The maximum atomic E-state index is 13.7. The number of ether oxygens (including phenoxy) is 1. The van der Waals surface area contributed by atoms with E-state index in [4.69, 9.17) is 4.74 Å². The molecule has 1 saturated heterocycles. The van der Waals surface area contributed by atoms with Crippen molar-refractivity contribution in [3.63, 3.8) is 0 Å². The molecule has 0 aromatic heterocycles. The van der Waals surface area contributed by atoms with Gasteiger partial charge < -0.3 is 25.6 Å². The molecule has 190 valence electrons. The molecule has 3 N–H and O–H groups in total. The number of piperidine rings is 1. The molecule has 0 atom stereocenters. The first kappa shape index (κ1) is 26.2. The van der Waals surface area contributed by atoms with Crippen LogP contribution in [0.1, 0.15) is 44.7 Å². The molecule has 0 aliphatic carbocycles. The minimum Gasteiger partial charge on any atom is -0.444 e. The largest absolute Gasteiger partial charge is 0.444 e. The molecule has 3 amide bonds. The van der Waals surface area contributed by atoms with Crippen molar-refractivity contribution >= 4 is 17.8 Å². The Kier molecular flexibility index (Phi) is 8.89. The van der Waals surface area contributed by atoms with E-state index in [2.05, 4.69) is 16.0 Å². The van der Waals surface area contributed by atoms with E-state index in [1.165, 1.54) is 0 Å². The number of nitrogens with one attached hydrogen (secondary N) is 3. The number of amides is 3. The summed E-state index contributed by atoms with van der Waals surface area (Å²) < 4.78 is 32.2. The van der Waals surface area contributed by atoms with E-state index in [-0.39, 0.29) is 24.2 Å². The highest BCUT2D eigenvalue weighted by molar-refractivity contribution is 5.74. The number of rotatable bonds is 7. The third kappa shape index (κ3) is 8.73. The Morgan fingerprint density at radius 3 is 2.37 bits per heavy atom. The van der Waals surface area contributed by atoms with Crippen LogP contribution in [-0.2, 0) is 17.7 Å². The number of carbonyl (C=O) groups excluding carboxylic acids is 2. The first-order chi connectivity index (χ1) is 16.6. The smallest absolute Gasteiger partial charge is 0.407 e. The number of benzene rings is 2. The highest BCUT2D eigenvalue weighted by Crippen LogP contribution is 2.18. The van der Waals surface area contributed by atoms with Crippen LogP contribution >= 0.6 is 0 Å². The van der Waals surface area contributed by atoms with Gasteiger partial charge in [0.1, 0.15) is 17.2 Å². The monoisotopic (exact) mass is 488 g/mol. The van der Waals surface area contributed by atoms with E-state index in [1.54, 1.807) is 4.90 Å². The van der Waals surface area contributed by atoms with E-state index >= 15 is 0 Å². The van der Waals surface area contributed by atoms with E-state index in [0.29, 0.717) is 26.1 Å². The lowest BCUT2D eigenvalue weighted by Crippen LogP contribution is -2.46. The van der Waals surface area contributed by atoms with Gasteiger partial charge in [0.05, 0.1) is 0 Å². The molecule has 1 fully saturated rings. The molecule has 35 heavy (non-hydrogen) atoms. The molecule has 0 bridgehead atoms. The third-order valence-electron chi connectivity index (χ3n) is 5.63. The Morgan fingerprint density at radius 1 is 1.03 bits per heavy atom. The summed E-state index contributed by atoms with van der Waals surface area (Å²) in [6.45, 7) is 7.07. The van der Waals surface area contributed by atoms with Gasteiger partial charge in [-0.25, -0.2) is 18.4 Å². The van der Waals surface area contributed by atoms with Gasteiger partial charge in [0.25, 0.3) is 0 Å². The van der Waals surface area contributed by atoms with Crippen LogP contribution in [0.15, 0.2) is 42.5 Å². The molecule has 7 nitrogen and oxygen atoms in total. The summed E-state index contributed by atoms with van der Waals surface area (Å²) in [7, 11) is 0. The third-order valence-corrected chi connectivity index (χ3v) is 5.63. The van der Waals surface area contributed by atoms with Crippen molar-refractivity contribution in [2.24, 2.45) is 0 Å². The lowest BCUT2D eigenvalue weighted by Gasteiger charge is -2.33. The maximum absolute atomic E-state index is 13.7. The van der Waals surface area contributed by atoms with Crippen LogP contribution in [0.25, 0.3) is 0 Å². The molecule has 0 spiro atoms. The predicted octanol–water partition coefficient (Wildman–Crippen LogP) is 4.82. The topological polar surface area (TPSA) is 82.7 Å².